The molecule has 2 aliphatic heterocycles. The summed E-state index contributed by atoms with van der Waals surface area (Å²) >= 11 is 0. The number of anilines is 2. The van der Waals surface area contributed by atoms with Gasteiger partial charge in [0, 0.05) is 38.8 Å². The van der Waals surface area contributed by atoms with Crippen LogP contribution in [0.4, 0.5) is 11.6 Å². The molecule has 1 N–H and O–H groups in total. The Morgan fingerprint density at radius 3 is 2.79 bits per heavy atom. The predicted octanol–water partition coefficient (Wildman–Crippen LogP) is 1.18. The molecule has 2 saturated heterocycles. The average molecular weight is 261 g/mol. The van der Waals surface area contributed by atoms with Gasteiger partial charge in [-0.2, -0.15) is 0 Å². The number of likely N-dealkylation sites (N-methyl/N-ethyl adjacent to an activating group) is 1. The molecule has 1 aromatic rings. The van der Waals surface area contributed by atoms with Crippen LogP contribution in [0.2, 0.25) is 0 Å². The van der Waals surface area contributed by atoms with Crippen LogP contribution in [0.5, 0.6) is 0 Å². The van der Waals surface area contributed by atoms with Gasteiger partial charge in [-0.3, -0.25) is 0 Å². The van der Waals surface area contributed by atoms with Gasteiger partial charge < -0.3 is 15.1 Å². The minimum Gasteiger partial charge on any atom is -0.356 e. The molecule has 1 unspecified atom stereocenters. The minimum absolute atomic E-state index is 0.556. The van der Waals surface area contributed by atoms with Crippen LogP contribution in [0.15, 0.2) is 6.07 Å². The van der Waals surface area contributed by atoms with Gasteiger partial charge in [0.05, 0.1) is 0 Å². The molecule has 2 fully saturated rings. The normalized spacial score (nSPS) is 23.1. The first-order chi connectivity index (χ1) is 9.24. The molecule has 5 nitrogen and oxygen atoms in total. The Kier molecular flexibility index (Phi) is 3.55. The fourth-order valence-corrected chi connectivity index (χ4v) is 2.98. The van der Waals surface area contributed by atoms with Crippen molar-refractivity contribution in [2.45, 2.75) is 32.2 Å². The summed E-state index contributed by atoms with van der Waals surface area (Å²) in [5, 5.41) is 3.41. The topological polar surface area (TPSA) is 44.3 Å². The highest BCUT2D eigenvalue weighted by Crippen LogP contribution is 2.23. The quantitative estimate of drug-likeness (QED) is 0.885. The molecule has 0 aliphatic carbocycles. The molecule has 5 heteroatoms. The Bertz CT molecular complexity index is 435. The van der Waals surface area contributed by atoms with E-state index in [4.69, 9.17) is 0 Å². The summed E-state index contributed by atoms with van der Waals surface area (Å²) in [7, 11) is 2.15. The molecule has 2 aliphatic rings. The molecule has 1 aromatic heterocycles. The molecule has 0 saturated carbocycles. The highest BCUT2D eigenvalue weighted by molar-refractivity contribution is 5.51. The monoisotopic (exact) mass is 261 g/mol. The number of hydrogen-bond donors (Lipinski definition) is 1. The number of nitrogens with zero attached hydrogens (tertiary/aromatic N) is 4. The van der Waals surface area contributed by atoms with Gasteiger partial charge >= 0.3 is 0 Å². The van der Waals surface area contributed by atoms with E-state index in [2.05, 4.69) is 38.2 Å². The average Bonchev–Trinajstić information content (AvgIpc) is 3.10. The highest BCUT2D eigenvalue weighted by atomic mass is 15.3. The van der Waals surface area contributed by atoms with Crippen LogP contribution in [-0.2, 0) is 0 Å². The van der Waals surface area contributed by atoms with Gasteiger partial charge in [-0.05, 0) is 32.7 Å². The zero-order valence-corrected chi connectivity index (χ0v) is 11.9. The molecule has 3 heterocycles. The molecule has 0 spiro atoms. The number of nitrogens with one attached hydrogen (secondary N) is 1. The van der Waals surface area contributed by atoms with Gasteiger partial charge in [0.15, 0.2) is 0 Å². The van der Waals surface area contributed by atoms with Gasteiger partial charge in [-0.25, -0.2) is 9.97 Å². The van der Waals surface area contributed by atoms with Crippen LogP contribution >= 0.6 is 0 Å². The first kappa shape index (κ1) is 12.7. The minimum atomic E-state index is 0.556. The van der Waals surface area contributed by atoms with Gasteiger partial charge in [0.2, 0.25) is 0 Å². The molecule has 3 rings (SSSR count). The lowest BCUT2D eigenvalue weighted by Crippen LogP contribution is -2.34. The lowest BCUT2D eigenvalue weighted by atomic mass is 10.2. The molecule has 0 bridgehead atoms. The van der Waals surface area contributed by atoms with Crippen molar-refractivity contribution in [2.75, 3.05) is 43.0 Å². The van der Waals surface area contributed by atoms with E-state index in [9.17, 15) is 0 Å². The van der Waals surface area contributed by atoms with Crippen LogP contribution < -0.4 is 15.1 Å². The van der Waals surface area contributed by atoms with Crippen LogP contribution in [0.1, 0.15) is 25.1 Å². The summed E-state index contributed by atoms with van der Waals surface area (Å²) < 4.78 is 0. The largest absolute Gasteiger partial charge is 0.356 e. The first-order valence-corrected chi connectivity index (χ1v) is 7.28. The van der Waals surface area contributed by atoms with E-state index in [0.29, 0.717) is 6.04 Å². The smallest absolute Gasteiger partial charge is 0.134 e. The third-order valence-corrected chi connectivity index (χ3v) is 4.18. The van der Waals surface area contributed by atoms with Crippen molar-refractivity contribution in [1.82, 2.24) is 15.3 Å². The summed E-state index contributed by atoms with van der Waals surface area (Å²) in [5.41, 5.74) is 0. The third kappa shape index (κ3) is 2.66. The third-order valence-electron chi connectivity index (χ3n) is 4.18. The fourth-order valence-electron chi connectivity index (χ4n) is 2.98. The molecular formula is C14H23N5. The van der Waals surface area contributed by atoms with Crippen LogP contribution in [-0.4, -0.2) is 49.2 Å². The van der Waals surface area contributed by atoms with Gasteiger partial charge in [-0.1, -0.05) is 0 Å². The maximum Gasteiger partial charge on any atom is 0.134 e. The second-order valence-corrected chi connectivity index (χ2v) is 5.58. The molecule has 104 valence electrons. The number of rotatable bonds is 3. The summed E-state index contributed by atoms with van der Waals surface area (Å²) in [6.07, 6.45) is 3.75. The lowest BCUT2D eigenvalue weighted by molar-refractivity contribution is 0.675. The van der Waals surface area contributed by atoms with E-state index >= 15 is 0 Å². The van der Waals surface area contributed by atoms with Crippen molar-refractivity contribution >= 4 is 11.6 Å². The molecule has 0 aromatic carbocycles. The van der Waals surface area contributed by atoms with E-state index in [1.807, 2.05) is 6.92 Å². The fraction of sp³-hybridized carbons (Fsp3) is 0.714. The SMILES string of the molecule is Cc1nc(N2CCCC2)cc(N(C)C2CCNC2)n1. The van der Waals surface area contributed by atoms with Gasteiger partial charge in [-0.15, -0.1) is 0 Å². The second-order valence-electron chi connectivity index (χ2n) is 5.58. The van der Waals surface area contributed by atoms with E-state index in [0.717, 1.165) is 43.6 Å². The summed E-state index contributed by atoms with van der Waals surface area (Å²) in [5.74, 6) is 3.03. The number of aromatic nitrogens is 2. The van der Waals surface area contributed by atoms with Crippen molar-refractivity contribution in [3.8, 4) is 0 Å². The first-order valence-electron chi connectivity index (χ1n) is 7.28. The van der Waals surface area contributed by atoms with Crippen molar-refractivity contribution in [3.05, 3.63) is 11.9 Å². The molecule has 1 atom stereocenters. The summed E-state index contributed by atoms with van der Waals surface area (Å²) in [4.78, 5) is 13.9. The Hall–Kier alpha value is -1.36. The zero-order valence-electron chi connectivity index (χ0n) is 11.9. The Balaban J connectivity index is 1.83. The van der Waals surface area contributed by atoms with Crippen molar-refractivity contribution in [1.29, 1.82) is 0 Å². The van der Waals surface area contributed by atoms with E-state index in [1.54, 1.807) is 0 Å². The Labute approximate surface area is 115 Å². The molecular weight excluding hydrogens is 238 g/mol. The van der Waals surface area contributed by atoms with Crippen molar-refractivity contribution in [2.24, 2.45) is 0 Å². The molecule has 0 radical (unpaired) electrons. The highest BCUT2D eigenvalue weighted by Gasteiger charge is 2.22. The lowest BCUT2D eigenvalue weighted by Gasteiger charge is -2.26. The standard InChI is InChI=1S/C14H23N5/c1-11-16-13(18(2)12-5-6-15-10-12)9-14(17-11)19-7-3-4-8-19/h9,12,15H,3-8,10H2,1-2H3. The second kappa shape index (κ2) is 5.33. The number of hydrogen-bond acceptors (Lipinski definition) is 5. The summed E-state index contributed by atoms with van der Waals surface area (Å²) in [6, 6.07) is 2.71. The zero-order chi connectivity index (χ0) is 13.2. The maximum absolute atomic E-state index is 4.61. The Morgan fingerprint density at radius 1 is 1.32 bits per heavy atom. The summed E-state index contributed by atoms with van der Waals surface area (Å²) in [6.45, 7) is 6.41. The van der Waals surface area contributed by atoms with E-state index in [-0.39, 0.29) is 0 Å². The van der Waals surface area contributed by atoms with E-state index < -0.39 is 0 Å². The van der Waals surface area contributed by atoms with Gasteiger partial charge in [0.25, 0.3) is 0 Å². The van der Waals surface area contributed by atoms with Gasteiger partial charge in [0.1, 0.15) is 17.5 Å². The number of aryl methyl sites for hydroxylation is 1. The van der Waals surface area contributed by atoms with E-state index in [1.165, 1.54) is 19.3 Å². The van der Waals surface area contributed by atoms with Crippen LogP contribution in [0.25, 0.3) is 0 Å². The van der Waals surface area contributed by atoms with Crippen LogP contribution in [0, 0.1) is 6.92 Å². The molecule has 19 heavy (non-hydrogen) atoms. The van der Waals surface area contributed by atoms with Crippen molar-refractivity contribution < 1.29 is 0 Å². The molecule has 0 amide bonds. The maximum atomic E-state index is 4.61. The van der Waals surface area contributed by atoms with Crippen molar-refractivity contribution in [3.63, 3.8) is 0 Å². The van der Waals surface area contributed by atoms with Crippen LogP contribution in [0.3, 0.4) is 0 Å². The Morgan fingerprint density at radius 2 is 2.11 bits per heavy atom. The predicted molar refractivity (Wildman–Crippen MR) is 77.9 cm³/mol.